The van der Waals surface area contributed by atoms with Gasteiger partial charge >= 0.3 is 0 Å². The van der Waals surface area contributed by atoms with Crippen molar-refractivity contribution >= 4 is 46.4 Å². The molecule has 0 bridgehead atoms. The Hall–Kier alpha value is -2.28. The number of rotatable bonds is 9. The summed E-state index contributed by atoms with van der Waals surface area (Å²) in [6.45, 7) is 9.31. The summed E-state index contributed by atoms with van der Waals surface area (Å²) in [4.78, 5) is 30.3. The maximum atomic E-state index is 13.1. The molecule has 0 spiro atoms. The molecule has 2 aromatic carbocycles. The summed E-state index contributed by atoms with van der Waals surface area (Å²) in [6, 6.07) is 10.2. The van der Waals surface area contributed by atoms with Crippen molar-refractivity contribution < 1.29 is 9.59 Å². The van der Waals surface area contributed by atoms with Crippen LogP contribution in [0.15, 0.2) is 36.4 Å². The summed E-state index contributed by atoms with van der Waals surface area (Å²) in [5.74, 6) is -0.492. The zero-order valence-electron chi connectivity index (χ0n) is 18.6. The maximum Gasteiger partial charge on any atom is 0.257 e. The van der Waals surface area contributed by atoms with E-state index < -0.39 is 0 Å². The smallest absolute Gasteiger partial charge is 0.257 e. The Morgan fingerprint density at radius 3 is 2.34 bits per heavy atom. The molecular formula is C24H30Cl2N4O2. The molecule has 1 aliphatic heterocycles. The average Bonchev–Trinajstić information content (AvgIpc) is 3.31. The summed E-state index contributed by atoms with van der Waals surface area (Å²) in [7, 11) is 0. The van der Waals surface area contributed by atoms with Crippen molar-refractivity contribution in [1.29, 1.82) is 0 Å². The standard InChI is InChI=1S/C24H30Cl2N4O2/c1-3-29(4-2)14-11-27-23(31)20-16-18(8-10-22(20)30-12-5-6-13-30)28-24(32)19-9-7-17(25)15-21(19)26/h7-10,15-16H,3-6,11-14H2,1-2H3,(H,27,31)(H,28,32). The summed E-state index contributed by atoms with van der Waals surface area (Å²) < 4.78 is 0. The first-order valence-electron chi connectivity index (χ1n) is 11.1. The van der Waals surface area contributed by atoms with Crippen molar-refractivity contribution in [1.82, 2.24) is 10.2 Å². The Balaban J connectivity index is 1.79. The quantitative estimate of drug-likeness (QED) is 0.539. The molecule has 6 nitrogen and oxygen atoms in total. The monoisotopic (exact) mass is 476 g/mol. The largest absolute Gasteiger partial charge is 0.371 e. The first-order valence-corrected chi connectivity index (χ1v) is 11.8. The molecule has 1 saturated heterocycles. The molecule has 0 radical (unpaired) electrons. The van der Waals surface area contributed by atoms with Gasteiger partial charge in [0.15, 0.2) is 0 Å². The van der Waals surface area contributed by atoms with Gasteiger partial charge in [-0.1, -0.05) is 37.0 Å². The van der Waals surface area contributed by atoms with Crippen LogP contribution >= 0.6 is 23.2 Å². The second-order valence-electron chi connectivity index (χ2n) is 7.79. The number of anilines is 2. The Labute approximate surface area is 199 Å². The van der Waals surface area contributed by atoms with E-state index >= 15 is 0 Å². The van der Waals surface area contributed by atoms with Crippen LogP contribution in [-0.2, 0) is 0 Å². The molecule has 0 aromatic heterocycles. The van der Waals surface area contributed by atoms with E-state index in [2.05, 4.69) is 34.3 Å². The van der Waals surface area contributed by atoms with Crippen molar-refractivity contribution in [3.05, 3.63) is 57.6 Å². The fraction of sp³-hybridized carbons (Fsp3) is 0.417. The van der Waals surface area contributed by atoms with Crippen molar-refractivity contribution in [2.75, 3.05) is 49.5 Å². The third-order valence-corrected chi connectivity index (χ3v) is 6.28. The highest BCUT2D eigenvalue weighted by Gasteiger charge is 2.21. The molecule has 32 heavy (non-hydrogen) atoms. The molecule has 2 amide bonds. The Morgan fingerprint density at radius 1 is 0.969 bits per heavy atom. The number of carbonyl (C=O) groups is 2. The lowest BCUT2D eigenvalue weighted by molar-refractivity contribution is 0.0948. The molecule has 1 heterocycles. The molecule has 0 saturated carbocycles. The van der Waals surface area contributed by atoms with Gasteiger partial charge in [0.25, 0.3) is 11.8 Å². The van der Waals surface area contributed by atoms with Crippen LogP contribution in [0.1, 0.15) is 47.4 Å². The molecule has 1 aliphatic rings. The van der Waals surface area contributed by atoms with Crippen LogP contribution in [0.25, 0.3) is 0 Å². The number of likely N-dealkylation sites (N-methyl/N-ethyl adjacent to an activating group) is 1. The predicted octanol–water partition coefficient (Wildman–Crippen LogP) is 4.92. The summed E-state index contributed by atoms with van der Waals surface area (Å²) >= 11 is 12.1. The lowest BCUT2D eigenvalue weighted by atomic mass is 10.1. The van der Waals surface area contributed by atoms with Gasteiger partial charge in [0, 0.05) is 42.6 Å². The van der Waals surface area contributed by atoms with E-state index in [1.807, 2.05) is 12.1 Å². The molecule has 8 heteroatoms. The Bertz CT molecular complexity index is 957. The van der Waals surface area contributed by atoms with E-state index in [0.29, 0.717) is 28.4 Å². The lowest BCUT2D eigenvalue weighted by Gasteiger charge is -2.23. The molecule has 2 aromatic rings. The van der Waals surface area contributed by atoms with Crippen LogP contribution in [-0.4, -0.2) is 56.0 Å². The van der Waals surface area contributed by atoms with E-state index in [9.17, 15) is 9.59 Å². The minimum atomic E-state index is -0.353. The van der Waals surface area contributed by atoms with Crippen LogP contribution < -0.4 is 15.5 Å². The zero-order chi connectivity index (χ0) is 23.1. The van der Waals surface area contributed by atoms with Gasteiger partial charge in [0.1, 0.15) is 0 Å². The minimum Gasteiger partial charge on any atom is -0.371 e. The highest BCUT2D eigenvalue weighted by atomic mass is 35.5. The Morgan fingerprint density at radius 2 is 1.69 bits per heavy atom. The molecule has 1 fully saturated rings. The van der Waals surface area contributed by atoms with Crippen molar-refractivity contribution in [2.24, 2.45) is 0 Å². The highest BCUT2D eigenvalue weighted by molar-refractivity contribution is 6.37. The lowest BCUT2D eigenvalue weighted by Crippen LogP contribution is -2.35. The third-order valence-electron chi connectivity index (χ3n) is 5.73. The van der Waals surface area contributed by atoms with Crippen molar-refractivity contribution in [3.63, 3.8) is 0 Å². The highest BCUT2D eigenvalue weighted by Crippen LogP contribution is 2.28. The SMILES string of the molecule is CCN(CC)CCNC(=O)c1cc(NC(=O)c2ccc(Cl)cc2Cl)ccc1N1CCCC1. The number of hydrogen-bond acceptors (Lipinski definition) is 4. The van der Waals surface area contributed by atoms with Gasteiger partial charge in [0.05, 0.1) is 16.1 Å². The fourth-order valence-electron chi connectivity index (χ4n) is 3.86. The van der Waals surface area contributed by atoms with Gasteiger partial charge in [-0.25, -0.2) is 0 Å². The van der Waals surface area contributed by atoms with Crippen LogP contribution in [0.5, 0.6) is 0 Å². The maximum absolute atomic E-state index is 13.1. The van der Waals surface area contributed by atoms with Gasteiger partial charge < -0.3 is 20.4 Å². The minimum absolute atomic E-state index is 0.139. The van der Waals surface area contributed by atoms with E-state index in [0.717, 1.165) is 51.3 Å². The van der Waals surface area contributed by atoms with Gasteiger partial charge in [-0.15, -0.1) is 0 Å². The number of benzene rings is 2. The molecule has 0 unspecified atom stereocenters. The van der Waals surface area contributed by atoms with Crippen LogP contribution in [0.3, 0.4) is 0 Å². The average molecular weight is 477 g/mol. The first-order chi connectivity index (χ1) is 15.4. The zero-order valence-corrected chi connectivity index (χ0v) is 20.1. The van der Waals surface area contributed by atoms with E-state index in [1.165, 1.54) is 6.07 Å². The fourth-order valence-corrected chi connectivity index (χ4v) is 4.36. The van der Waals surface area contributed by atoms with Crippen molar-refractivity contribution in [3.8, 4) is 0 Å². The summed E-state index contributed by atoms with van der Waals surface area (Å²) in [5.41, 5.74) is 2.32. The summed E-state index contributed by atoms with van der Waals surface area (Å²) in [5, 5.41) is 6.62. The normalized spacial score (nSPS) is 13.5. The number of nitrogens with zero attached hydrogens (tertiary/aromatic N) is 2. The number of amides is 2. The molecular weight excluding hydrogens is 447 g/mol. The molecule has 2 N–H and O–H groups in total. The predicted molar refractivity (Wildman–Crippen MR) is 132 cm³/mol. The van der Waals surface area contributed by atoms with E-state index in [-0.39, 0.29) is 16.8 Å². The molecule has 0 aliphatic carbocycles. The second kappa shape index (κ2) is 11.5. The van der Waals surface area contributed by atoms with Gasteiger partial charge in [-0.3, -0.25) is 9.59 Å². The molecule has 172 valence electrons. The first kappa shape index (κ1) is 24.4. The van der Waals surface area contributed by atoms with Gasteiger partial charge in [-0.05, 0) is 62.3 Å². The number of nitrogens with one attached hydrogen (secondary N) is 2. The van der Waals surface area contributed by atoms with E-state index in [4.69, 9.17) is 23.2 Å². The van der Waals surface area contributed by atoms with Gasteiger partial charge in [-0.2, -0.15) is 0 Å². The number of halogens is 2. The second-order valence-corrected chi connectivity index (χ2v) is 8.63. The molecule has 0 atom stereocenters. The van der Waals surface area contributed by atoms with E-state index in [1.54, 1.807) is 18.2 Å². The van der Waals surface area contributed by atoms with Crippen LogP contribution in [0.2, 0.25) is 10.0 Å². The topological polar surface area (TPSA) is 64.7 Å². The van der Waals surface area contributed by atoms with Crippen molar-refractivity contribution in [2.45, 2.75) is 26.7 Å². The third kappa shape index (κ3) is 6.15. The number of carbonyl (C=O) groups excluding carboxylic acids is 2. The van der Waals surface area contributed by atoms with Gasteiger partial charge in [0.2, 0.25) is 0 Å². The summed E-state index contributed by atoms with van der Waals surface area (Å²) in [6.07, 6.45) is 2.22. The van der Waals surface area contributed by atoms with Crippen LogP contribution in [0, 0.1) is 0 Å². The van der Waals surface area contributed by atoms with Crippen LogP contribution in [0.4, 0.5) is 11.4 Å². The Kier molecular flexibility index (Phi) is 8.79. The molecule has 3 rings (SSSR count). The number of hydrogen-bond donors (Lipinski definition) is 2.